The first-order valence-corrected chi connectivity index (χ1v) is 15.6. The van der Waals surface area contributed by atoms with Crippen LogP contribution in [0.2, 0.25) is 0 Å². The van der Waals surface area contributed by atoms with Crippen LogP contribution in [-0.4, -0.2) is 83.0 Å². The number of amides is 4. The average molecular weight is 642 g/mol. The van der Waals surface area contributed by atoms with Gasteiger partial charge >= 0.3 is 6.03 Å². The number of aryl methyl sites for hydroxylation is 1. The second kappa shape index (κ2) is 13.2. The first-order chi connectivity index (χ1) is 22.6. The van der Waals surface area contributed by atoms with Gasteiger partial charge in [0.2, 0.25) is 12.7 Å². The van der Waals surface area contributed by atoms with E-state index >= 15 is 0 Å². The number of rotatable bonds is 8. The van der Waals surface area contributed by atoms with Crippen LogP contribution in [0.25, 0.3) is 10.9 Å². The maximum absolute atomic E-state index is 13.9. The molecule has 2 aliphatic heterocycles. The molecule has 47 heavy (non-hydrogen) atoms. The van der Waals surface area contributed by atoms with E-state index in [9.17, 15) is 19.5 Å². The van der Waals surface area contributed by atoms with Gasteiger partial charge in [-0.2, -0.15) is 0 Å². The zero-order valence-corrected chi connectivity index (χ0v) is 26.9. The van der Waals surface area contributed by atoms with Crippen LogP contribution >= 0.6 is 0 Å². The van der Waals surface area contributed by atoms with Crippen LogP contribution in [-0.2, 0) is 18.3 Å². The molecule has 3 atom stereocenters. The smallest absolute Gasteiger partial charge is 0.321 e. The van der Waals surface area contributed by atoms with Crippen LogP contribution in [0.15, 0.2) is 66.9 Å². The largest absolute Gasteiger partial charge is 0.487 e. The molecular weight excluding hydrogens is 602 g/mol. The van der Waals surface area contributed by atoms with Gasteiger partial charge in [-0.3, -0.25) is 9.59 Å². The molecule has 2 aliphatic rings. The van der Waals surface area contributed by atoms with Gasteiger partial charge in [0, 0.05) is 61.1 Å². The highest BCUT2D eigenvalue weighted by Gasteiger charge is 2.34. The van der Waals surface area contributed by atoms with Gasteiger partial charge in [-0.25, -0.2) is 4.79 Å². The molecule has 3 N–H and O–H groups in total. The van der Waals surface area contributed by atoms with Crippen molar-refractivity contribution in [2.75, 3.05) is 44.2 Å². The Morgan fingerprint density at radius 2 is 1.74 bits per heavy atom. The summed E-state index contributed by atoms with van der Waals surface area (Å²) in [5, 5.41) is 16.8. The van der Waals surface area contributed by atoms with Gasteiger partial charge in [0.15, 0.2) is 11.5 Å². The van der Waals surface area contributed by atoms with Crippen molar-refractivity contribution >= 4 is 40.1 Å². The predicted octanol–water partition coefficient (Wildman–Crippen LogP) is 4.47. The van der Waals surface area contributed by atoms with E-state index in [-0.39, 0.29) is 55.7 Å². The molecule has 246 valence electrons. The maximum atomic E-state index is 13.9. The number of benzene rings is 3. The number of carbonyl (C=O) groups excluding carboxylic acids is 3. The van der Waals surface area contributed by atoms with Crippen LogP contribution in [0, 0.1) is 5.92 Å². The monoisotopic (exact) mass is 641 g/mol. The lowest BCUT2D eigenvalue weighted by Crippen LogP contribution is -2.50. The molecule has 4 amide bonds. The predicted molar refractivity (Wildman–Crippen MR) is 177 cm³/mol. The Hall–Kier alpha value is -5.23. The Kier molecular flexibility index (Phi) is 8.95. The third-order valence-corrected chi connectivity index (χ3v) is 8.70. The van der Waals surface area contributed by atoms with E-state index in [1.807, 2.05) is 49.0 Å². The molecule has 6 rings (SSSR count). The number of nitrogens with one attached hydrogen (secondary N) is 2. The molecular formula is C35H39N5O7. The second-order valence-electron chi connectivity index (χ2n) is 12.2. The van der Waals surface area contributed by atoms with Gasteiger partial charge < -0.3 is 44.3 Å². The number of fused-ring (bicyclic) bond motifs is 3. The topological polar surface area (TPSA) is 135 Å². The summed E-state index contributed by atoms with van der Waals surface area (Å²) in [6.45, 7) is 4.15. The van der Waals surface area contributed by atoms with Crippen molar-refractivity contribution in [2.24, 2.45) is 13.0 Å². The summed E-state index contributed by atoms with van der Waals surface area (Å²) in [6, 6.07) is 17.3. The minimum atomic E-state index is -0.491. The number of carbonyl (C=O) groups is 3. The molecule has 3 heterocycles. The molecule has 0 saturated carbocycles. The third-order valence-electron chi connectivity index (χ3n) is 8.70. The Morgan fingerprint density at radius 1 is 1.02 bits per heavy atom. The van der Waals surface area contributed by atoms with Crippen LogP contribution < -0.4 is 24.8 Å². The van der Waals surface area contributed by atoms with Crippen LogP contribution in [0.1, 0.15) is 29.8 Å². The van der Waals surface area contributed by atoms with E-state index in [1.54, 1.807) is 55.3 Å². The summed E-state index contributed by atoms with van der Waals surface area (Å²) in [4.78, 5) is 43.3. The van der Waals surface area contributed by atoms with Crippen LogP contribution in [0.3, 0.4) is 0 Å². The average Bonchev–Trinajstić information content (AvgIpc) is 3.66. The number of aliphatic hydroxyl groups is 1. The minimum absolute atomic E-state index is 0.137. The SMILES string of the molecule is CC1CN(C(C)CO)C(=O)c2cc(NC(=O)Cc3cn(C)c4ccccc34)ccc2OC1CN(C)C(=O)Nc1ccc2c(c1)OCO2. The number of likely N-dealkylation sites (N-methyl/N-ethyl adjacent to an activating group) is 1. The standard InChI is InChI=1S/C35H39N5O7/c1-21-16-40(22(2)19-41)34(43)27-14-24(36-33(42)13-23-17-38(3)28-8-6-5-7-26(23)28)9-11-29(27)47-32(21)18-39(4)35(44)37-25-10-12-30-31(15-25)46-20-45-30/h5-12,14-15,17,21-22,32,41H,13,16,18-20H2,1-4H3,(H,36,42)(H,37,44). The molecule has 12 heteroatoms. The van der Waals surface area contributed by atoms with E-state index in [4.69, 9.17) is 14.2 Å². The second-order valence-corrected chi connectivity index (χ2v) is 12.2. The third kappa shape index (κ3) is 6.68. The number of aliphatic hydroxyl groups excluding tert-OH is 1. The highest BCUT2D eigenvalue weighted by Crippen LogP contribution is 2.35. The van der Waals surface area contributed by atoms with Gasteiger partial charge in [-0.15, -0.1) is 0 Å². The number of hydrogen-bond acceptors (Lipinski definition) is 7. The molecule has 3 unspecified atom stereocenters. The van der Waals surface area contributed by atoms with Crippen molar-refractivity contribution in [1.29, 1.82) is 0 Å². The van der Waals surface area contributed by atoms with Crippen LogP contribution in [0.5, 0.6) is 17.2 Å². The highest BCUT2D eigenvalue weighted by molar-refractivity contribution is 6.01. The molecule has 1 aromatic heterocycles. The number of anilines is 2. The zero-order valence-electron chi connectivity index (χ0n) is 26.9. The Bertz CT molecular complexity index is 1820. The molecule has 0 bridgehead atoms. The molecule has 0 saturated heterocycles. The molecule has 0 radical (unpaired) electrons. The quantitative estimate of drug-likeness (QED) is 0.259. The summed E-state index contributed by atoms with van der Waals surface area (Å²) in [5.74, 6) is 0.787. The maximum Gasteiger partial charge on any atom is 0.321 e. The van der Waals surface area contributed by atoms with Crippen molar-refractivity contribution in [2.45, 2.75) is 32.4 Å². The molecule has 4 aromatic rings. The molecule has 0 spiro atoms. The number of ether oxygens (including phenoxy) is 3. The summed E-state index contributed by atoms with van der Waals surface area (Å²) < 4.78 is 19.2. The fourth-order valence-corrected chi connectivity index (χ4v) is 6.01. The highest BCUT2D eigenvalue weighted by atomic mass is 16.7. The fraction of sp³-hybridized carbons (Fsp3) is 0.343. The van der Waals surface area contributed by atoms with Crippen molar-refractivity contribution in [3.8, 4) is 17.2 Å². The number of urea groups is 1. The summed E-state index contributed by atoms with van der Waals surface area (Å²) in [6.07, 6.45) is 1.62. The lowest BCUT2D eigenvalue weighted by molar-refractivity contribution is -0.115. The van der Waals surface area contributed by atoms with Gasteiger partial charge in [-0.05, 0) is 48.9 Å². The fourth-order valence-electron chi connectivity index (χ4n) is 6.01. The number of nitrogens with zero attached hydrogens (tertiary/aromatic N) is 3. The molecule has 0 fully saturated rings. The first kappa shape index (κ1) is 31.7. The van der Waals surface area contributed by atoms with E-state index < -0.39 is 12.1 Å². The lowest BCUT2D eigenvalue weighted by Gasteiger charge is -2.38. The Balaban J connectivity index is 1.20. The Labute approximate surface area is 272 Å². The van der Waals surface area contributed by atoms with Crippen molar-refractivity contribution in [3.05, 3.63) is 78.0 Å². The zero-order chi connectivity index (χ0) is 33.2. The molecule has 12 nitrogen and oxygen atoms in total. The van der Waals surface area contributed by atoms with E-state index in [0.29, 0.717) is 35.2 Å². The van der Waals surface area contributed by atoms with Crippen molar-refractivity contribution < 1.29 is 33.7 Å². The summed E-state index contributed by atoms with van der Waals surface area (Å²) in [5.41, 5.74) is 3.21. The minimum Gasteiger partial charge on any atom is -0.487 e. The summed E-state index contributed by atoms with van der Waals surface area (Å²) >= 11 is 0. The molecule has 3 aromatic carbocycles. The van der Waals surface area contributed by atoms with Gasteiger partial charge in [0.1, 0.15) is 11.9 Å². The van der Waals surface area contributed by atoms with Gasteiger partial charge in [0.05, 0.1) is 31.2 Å². The Morgan fingerprint density at radius 3 is 2.53 bits per heavy atom. The van der Waals surface area contributed by atoms with Gasteiger partial charge in [-0.1, -0.05) is 25.1 Å². The van der Waals surface area contributed by atoms with E-state index in [1.165, 1.54) is 4.90 Å². The molecule has 0 aliphatic carbocycles. The number of aromatic nitrogens is 1. The van der Waals surface area contributed by atoms with E-state index in [2.05, 4.69) is 10.6 Å². The van der Waals surface area contributed by atoms with E-state index in [0.717, 1.165) is 16.5 Å². The number of hydrogen-bond donors (Lipinski definition) is 3. The van der Waals surface area contributed by atoms with Crippen molar-refractivity contribution in [1.82, 2.24) is 14.4 Å². The lowest BCUT2D eigenvalue weighted by atomic mass is 9.99. The number of para-hydroxylation sites is 1. The van der Waals surface area contributed by atoms with Crippen LogP contribution in [0.4, 0.5) is 16.2 Å². The van der Waals surface area contributed by atoms with Gasteiger partial charge in [0.25, 0.3) is 5.91 Å². The normalized spacial score (nSPS) is 17.7. The van der Waals surface area contributed by atoms with Crippen molar-refractivity contribution in [3.63, 3.8) is 0 Å². The summed E-state index contributed by atoms with van der Waals surface area (Å²) in [7, 11) is 3.62. The first-order valence-electron chi connectivity index (χ1n) is 15.6.